The lowest BCUT2D eigenvalue weighted by atomic mass is 9.87. The quantitative estimate of drug-likeness (QED) is 0.847. The molecule has 1 aromatic rings. The van der Waals surface area contributed by atoms with Crippen molar-refractivity contribution in [2.24, 2.45) is 5.92 Å². The van der Waals surface area contributed by atoms with Gasteiger partial charge in [-0.3, -0.25) is 4.72 Å². The smallest absolute Gasteiger partial charge is 0.254 e. The third-order valence-electron chi connectivity index (χ3n) is 3.72. The number of hydrogen-bond acceptors (Lipinski definition) is 3. The Labute approximate surface area is 133 Å². The van der Waals surface area contributed by atoms with Crippen LogP contribution in [0.2, 0.25) is 0 Å². The summed E-state index contributed by atoms with van der Waals surface area (Å²) in [6.07, 6.45) is 0.329. The second-order valence-corrected chi connectivity index (χ2v) is 7.20. The third-order valence-corrected chi connectivity index (χ3v) is 4.68. The van der Waals surface area contributed by atoms with Crippen LogP contribution >= 0.6 is 0 Å². The zero-order valence-electron chi connectivity index (χ0n) is 12.4. The van der Waals surface area contributed by atoms with Gasteiger partial charge in [-0.1, -0.05) is 6.58 Å². The van der Waals surface area contributed by atoms with E-state index in [2.05, 4.69) is 11.3 Å². The Bertz CT molecular complexity index is 667. The molecule has 23 heavy (non-hydrogen) atoms. The summed E-state index contributed by atoms with van der Waals surface area (Å²) in [7, 11) is -3.71. The van der Waals surface area contributed by atoms with Crippen molar-refractivity contribution in [1.29, 1.82) is 0 Å². The SMILES string of the molecule is C=CS(=O)(=O)Nc1ccc(OCC2CCC(F)(F)CC2)c(F)c1. The molecule has 0 aromatic heterocycles. The van der Waals surface area contributed by atoms with Crippen LogP contribution in [0.15, 0.2) is 30.2 Å². The first kappa shape index (κ1) is 17.7. The molecule has 1 N–H and O–H groups in total. The number of sulfonamides is 1. The molecule has 0 atom stereocenters. The monoisotopic (exact) mass is 349 g/mol. The summed E-state index contributed by atoms with van der Waals surface area (Å²) in [5, 5.41) is 0.716. The van der Waals surface area contributed by atoms with E-state index in [0.717, 1.165) is 6.07 Å². The normalized spacial score (nSPS) is 18.4. The van der Waals surface area contributed by atoms with Gasteiger partial charge in [0.05, 0.1) is 12.3 Å². The first-order valence-electron chi connectivity index (χ1n) is 7.16. The number of hydrogen-bond donors (Lipinski definition) is 1. The van der Waals surface area contributed by atoms with Crippen molar-refractivity contribution in [3.05, 3.63) is 36.0 Å². The fourth-order valence-corrected chi connectivity index (χ4v) is 2.90. The molecule has 1 saturated carbocycles. The molecule has 0 aliphatic heterocycles. The molecule has 1 aromatic carbocycles. The molecule has 2 rings (SSSR count). The van der Waals surface area contributed by atoms with E-state index in [1.165, 1.54) is 12.1 Å². The Hall–Kier alpha value is -1.70. The second-order valence-electron chi connectivity index (χ2n) is 5.57. The number of nitrogens with one attached hydrogen (secondary N) is 1. The average molecular weight is 349 g/mol. The van der Waals surface area contributed by atoms with Gasteiger partial charge in [0, 0.05) is 24.3 Å². The van der Waals surface area contributed by atoms with Crippen LogP contribution in [-0.2, 0) is 10.0 Å². The van der Waals surface area contributed by atoms with Crippen LogP contribution in [0.25, 0.3) is 0 Å². The Morgan fingerprint density at radius 2 is 2.00 bits per heavy atom. The summed E-state index contributed by atoms with van der Waals surface area (Å²) in [5.41, 5.74) is 0.0482. The summed E-state index contributed by atoms with van der Waals surface area (Å²) in [4.78, 5) is 0. The fraction of sp³-hybridized carbons (Fsp3) is 0.467. The van der Waals surface area contributed by atoms with Crippen LogP contribution in [0.3, 0.4) is 0 Å². The lowest BCUT2D eigenvalue weighted by Gasteiger charge is -2.28. The maximum atomic E-state index is 13.9. The summed E-state index contributed by atoms with van der Waals surface area (Å²) >= 11 is 0. The lowest BCUT2D eigenvalue weighted by Crippen LogP contribution is -2.27. The Morgan fingerprint density at radius 3 is 2.57 bits per heavy atom. The van der Waals surface area contributed by atoms with Crippen LogP contribution in [0, 0.1) is 11.7 Å². The number of ether oxygens (including phenoxy) is 1. The standard InChI is InChI=1S/C15H18F3NO3S/c1-2-23(20,21)19-12-3-4-14(13(16)9-12)22-10-11-5-7-15(17,18)8-6-11/h2-4,9,11,19H,1,5-8,10H2. The van der Waals surface area contributed by atoms with Gasteiger partial charge in [-0.2, -0.15) is 0 Å². The summed E-state index contributed by atoms with van der Waals surface area (Å²) in [5.74, 6) is -3.40. The van der Waals surface area contributed by atoms with Gasteiger partial charge in [0.25, 0.3) is 10.0 Å². The van der Waals surface area contributed by atoms with Crippen molar-refractivity contribution < 1.29 is 26.3 Å². The highest BCUT2D eigenvalue weighted by Gasteiger charge is 2.35. The molecule has 1 fully saturated rings. The minimum Gasteiger partial charge on any atom is -0.490 e. The van der Waals surface area contributed by atoms with Gasteiger partial charge in [-0.25, -0.2) is 21.6 Å². The number of anilines is 1. The summed E-state index contributed by atoms with van der Waals surface area (Å²) in [6.45, 7) is 3.30. The van der Waals surface area contributed by atoms with E-state index in [1.54, 1.807) is 0 Å². The predicted molar refractivity (Wildman–Crippen MR) is 81.5 cm³/mol. The van der Waals surface area contributed by atoms with Gasteiger partial charge in [-0.15, -0.1) is 0 Å². The van der Waals surface area contributed by atoms with Crippen LogP contribution in [0.1, 0.15) is 25.7 Å². The number of benzene rings is 1. The van der Waals surface area contributed by atoms with Crippen molar-refractivity contribution in [1.82, 2.24) is 0 Å². The van der Waals surface area contributed by atoms with Gasteiger partial charge in [0.2, 0.25) is 5.92 Å². The molecule has 0 heterocycles. The number of halogens is 3. The van der Waals surface area contributed by atoms with Crippen molar-refractivity contribution in [2.75, 3.05) is 11.3 Å². The molecule has 0 saturated heterocycles. The molecule has 0 amide bonds. The van der Waals surface area contributed by atoms with Gasteiger partial charge in [0.15, 0.2) is 11.6 Å². The zero-order chi connectivity index (χ0) is 17.1. The molecule has 4 nitrogen and oxygen atoms in total. The topological polar surface area (TPSA) is 55.4 Å². The first-order chi connectivity index (χ1) is 10.7. The van der Waals surface area contributed by atoms with Crippen molar-refractivity contribution in [3.63, 3.8) is 0 Å². The molecule has 1 aliphatic carbocycles. The van der Waals surface area contributed by atoms with Crippen LogP contribution in [0.4, 0.5) is 18.9 Å². The Balaban J connectivity index is 1.93. The van der Waals surface area contributed by atoms with E-state index in [4.69, 9.17) is 4.74 Å². The molecule has 0 spiro atoms. The van der Waals surface area contributed by atoms with Crippen molar-refractivity contribution in [2.45, 2.75) is 31.6 Å². The van der Waals surface area contributed by atoms with Crippen molar-refractivity contribution in [3.8, 4) is 5.75 Å². The summed E-state index contributed by atoms with van der Waals surface area (Å²) < 4.78 is 70.1. The van der Waals surface area contributed by atoms with Gasteiger partial charge >= 0.3 is 0 Å². The maximum absolute atomic E-state index is 13.9. The molecular formula is C15H18F3NO3S. The molecule has 0 unspecified atom stereocenters. The highest BCUT2D eigenvalue weighted by Crippen LogP contribution is 2.36. The minimum atomic E-state index is -3.71. The zero-order valence-corrected chi connectivity index (χ0v) is 13.2. The third kappa shape index (κ3) is 5.16. The predicted octanol–water partition coefficient (Wildman–Crippen LogP) is 3.92. The van der Waals surface area contributed by atoms with E-state index in [1.807, 2.05) is 0 Å². The average Bonchev–Trinajstić information content (AvgIpc) is 2.47. The van der Waals surface area contributed by atoms with Crippen LogP contribution in [-0.4, -0.2) is 20.9 Å². The largest absolute Gasteiger partial charge is 0.490 e. The number of alkyl halides is 2. The van der Waals surface area contributed by atoms with Gasteiger partial charge in [-0.05, 0) is 30.9 Å². The molecule has 8 heteroatoms. The highest BCUT2D eigenvalue weighted by atomic mass is 32.2. The number of rotatable bonds is 6. The Morgan fingerprint density at radius 1 is 1.35 bits per heavy atom. The van der Waals surface area contributed by atoms with E-state index < -0.39 is 21.8 Å². The minimum absolute atomic E-state index is 0.0343. The van der Waals surface area contributed by atoms with Crippen LogP contribution < -0.4 is 9.46 Å². The van der Waals surface area contributed by atoms with E-state index in [-0.39, 0.29) is 36.8 Å². The summed E-state index contributed by atoms with van der Waals surface area (Å²) in [6, 6.07) is 3.65. The van der Waals surface area contributed by atoms with E-state index >= 15 is 0 Å². The van der Waals surface area contributed by atoms with Crippen molar-refractivity contribution >= 4 is 15.7 Å². The van der Waals surface area contributed by atoms with E-state index in [0.29, 0.717) is 18.2 Å². The van der Waals surface area contributed by atoms with Gasteiger partial charge in [0.1, 0.15) is 0 Å². The fourth-order valence-electron chi connectivity index (χ4n) is 2.36. The van der Waals surface area contributed by atoms with Gasteiger partial charge < -0.3 is 4.74 Å². The van der Waals surface area contributed by atoms with E-state index in [9.17, 15) is 21.6 Å². The molecule has 1 aliphatic rings. The first-order valence-corrected chi connectivity index (χ1v) is 8.71. The molecule has 0 radical (unpaired) electrons. The molecule has 128 valence electrons. The molecular weight excluding hydrogens is 331 g/mol. The highest BCUT2D eigenvalue weighted by molar-refractivity contribution is 7.95. The molecule has 0 bridgehead atoms. The Kier molecular flexibility index (Phi) is 5.23. The van der Waals surface area contributed by atoms with Crippen LogP contribution in [0.5, 0.6) is 5.75 Å². The second kappa shape index (κ2) is 6.82. The lowest BCUT2D eigenvalue weighted by molar-refractivity contribution is -0.0499. The maximum Gasteiger partial charge on any atom is 0.254 e.